The van der Waals surface area contributed by atoms with Crippen molar-refractivity contribution in [2.45, 2.75) is 43.6 Å². The number of rotatable bonds is 11. The van der Waals surface area contributed by atoms with Gasteiger partial charge in [0.2, 0.25) is 23.2 Å². The molecule has 2 amide bonds. The quantitative estimate of drug-likeness (QED) is 0.204. The summed E-state index contributed by atoms with van der Waals surface area (Å²) in [6, 6.07) is 11.0. The average molecular weight is 721 g/mol. The maximum Gasteiger partial charge on any atom is 0.232 e. The lowest BCUT2D eigenvalue weighted by molar-refractivity contribution is -0.122. The molecule has 3 aliphatic rings. The van der Waals surface area contributed by atoms with E-state index < -0.39 is 46.6 Å². The number of hydrogen-bond acceptors (Lipinski definition) is 11. The Hall–Kier alpha value is -5.43. The summed E-state index contributed by atoms with van der Waals surface area (Å²) in [5, 5.41) is 28.1. The molecule has 268 valence electrons. The molecule has 2 aliphatic heterocycles. The second-order valence-corrected chi connectivity index (χ2v) is 13.0. The first kappa shape index (κ1) is 35.4. The summed E-state index contributed by atoms with van der Waals surface area (Å²) >= 11 is 6.59. The molecule has 3 aromatic rings. The Kier molecular flexibility index (Phi) is 9.51. The van der Waals surface area contributed by atoms with Crippen LogP contribution >= 0.6 is 11.6 Å². The fourth-order valence-electron chi connectivity index (χ4n) is 7.17. The third-order valence-electron chi connectivity index (χ3n) is 9.82. The van der Waals surface area contributed by atoms with Crippen molar-refractivity contribution in [2.75, 3.05) is 40.3 Å². The van der Waals surface area contributed by atoms with Gasteiger partial charge in [0.25, 0.3) is 0 Å². The molecule has 1 aliphatic carbocycles. The second kappa shape index (κ2) is 13.7. The number of ether oxygens (including phenoxy) is 5. The standard InChI is InChI=1S/C37H37ClN2O11/c1-17-12-25(42)30(34(44)37(17)35(45)31-27(49-4)16-28(50-5)32(38)33(31)51-37)21(18-6-9-24(41)26(13-18)48-3)15-29(43)39-11-10-20-22-14-19(47-2)7-8-23(22)40-36(20)46/h6-9,13-14,16-17,20-21,41,44H,10-12,15H2,1-5H3,(H,39,43)(H,40,46)/t17-,20?,21?,37+/m1/s1. The third-order valence-corrected chi connectivity index (χ3v) is 10.2. The van der Waals surface area contributed by atoms with Crippen molar-refractivity contribution in [1.29, 1.82) is 0 Å². The first-order chi connectivity index (χ1) is 24.4. The highest BCUT2D eigenvalue weighted by Crippen LogP contribution is 2.56. The Morgan fingerprint density at radius 1 is 1.00 bits per heavy atom. The van der Waals surface area contributed by atoms with E-state index in [2.05, 4.69) is 10.6 Å². The number of carbonyl (C=O) groups excluding carboxylic acids is 4. The first-order valence-electron chi connectivity index (χ1n) is 16.2. The van der Waals surface area contributed by atoms with Gasteiger partial charge in [-0.2, -0.15) is 0 Å². The summed E-state index contributed by atoms with van der Waals surface area (Å²) in [4.78, 5) is 54.7. The maximum atomic E-state index is 14.3. The molecule has 14 heteroatoms. The Labute approximate surface area is 298 Å². The number of allylic oxidation sites excluding steroid dienone is 1. The van der Waals surface area contributed by atoms with Crippen LogP contribution < -0.4 is 34.3 Å². The zero-order valence-electron chi connectivity index (χ0n) is 28.5. The van der Waals surface area contributed by atoms with E-state index in [9.17, 15) is 29.4 Å². The number of fused-ring (bicyclic) bond motifs is 2. The topological polar surface area (TPSA) is 179 Å². The normalized spacial score (nSPS) is 21.1. The van der Waals surface area contributed by atoms with Crippen molar-refractivity contribution in [2.24, 2.45) is 5.92 Å². The van der Waals surface area contributed by atoms with E-state index in [1.54, 1.807) is 25.1 Å². The van der Waals surface area contributed by atoms with Crippen LogP contribution in [0.1, 0.15) is 59.5 Å². The Bertz CT molecular complexity index is 1990. The largest absolute Gasteiger partial charge is 0.507 e. The van der Waals surface area contributed by atoms with Crippen LogP contribution in [-0.4, -0.2) is 74.2 Å². The van der Waals surface area contributed by atoms with E-state index in [1.165, 1.54) is 52.7 Å². The molecule has 0 saturated carbocycles. The predicted molar refractivity (Wildman–Crippen MR) is 185 cm³/mol. The van der Waals surface area contributed by atoms with E-state index in [0.717, 1.165) is 5.56 Å². The lowest BCUT2D eigenvalue weighted by atomic mass is 9.69. The van der Waals surface area contributed by atoms with Gasteiger partial charge in [-0.1, -0.05) is 24.6 Å². The molecule has 0 aromatic heterocycles. The summed E-state index contributed by atoms with van der Waals surface area (Å²) < 4.78 is 27.7. The lowest BCUT2D eigenvalue weighted by Crippen LogP contribution is -2.53. The summed E-state index contributed by atoms with van der Waals surface area (Å²) in [7, 11) is 5.62. The summed E-state index contributed by atoms with van der Waals surface area (Å²) in [6.07, 6.45) is -0.303. The number of phenols is 1. The van der Waals surface area contributed by atoms with Crippen molar-refractivity contribution in [3.05, 3.63) is 75.5 Å². The number of aliphatic hydroxyl groups is 1. The van der Waals surface area contributed by atoms with Gasteiger partial charge in [-0.3, -0.25) is 19.2 Å². The zero-order chi connectivity index (χ0) is 36.8. The van der Waals surface area contributed by atoms with E-state index >= 15 is 0 Å². The second-order valence-electron chi connectivity index (χ2n) is 12.6. The summed E-state index contributed by atoms with van der Waals surface area (Å²) in [6.45, 7) is 1.71. The minimum absolute atomic E-state index is 0.0202. The number of carbonyl (C=O) groups is 4. The van der Waals surface area contributed by atoms with E-state index in [0.29, 0.717) is 17.0 Å². The van der Waals surface area contributed by atoms with Gasteiger partial charge in [0, 0.05) is 48.5 Å². The zero-order valence-corrected chi connectivity index (χ0v) is 29.3. The minimum atomic E-state index is -2.07. The van der Waals surface area contributed by atoms with Crippen LogP contribution in [0.15, 0.2) is 53.8 Å². The number of nitrogens with one attached hydrogen (secondary N) is 2. The Morgan fingerprint density at radius 3 is 2.41 bits per heavy atom. The van der Waals surface area contributed by atoms with Crippen LogP contribution in [0.4, 0.5) is 5.69 Å². The molecule has 0 saturated heterocycles. The SMILES string of the molecule is COc1ccc2c(c1)C(CCNC(=O)CC(C1=C(O)[C@@]3(Oc4c(Cl)c(OC)cc(OC)c4C3=O)[C@H](C)CC1=O)c1ccc(O)c(OC)c1)C(=O)N2. The van der Waals surface area contributed by atoms with E-state index in [1.807, 2.05) is 0 Å². The highest BCUT2D eigenvalue weighted by Gasteiger charge is 2.61. The first-order valence-corrected chi connectivity index (χ1v) is 16.5. The number of phenolic OH excluding ortho intramolecular Hbond substituents is 1. The number of aliphatic hydroxyl groups excluding tert-OH is 1. The van der Waals surface area contributed by atoms with Gasteiger partial charge in [-0.25, -0.2) is 0 Å². The van der Waals surface area contributed by atoms with Crippen LogP contribution in [0.3, 0.4) is 0 Å². The molecule has 4 atom stereocenters. The molecular weight excluding hydrogens is 684 g/mol. The number of hydrogen-bond donors (Lipinski definition) is 4. The number of methoxy groups -OCH3 is 4. The molecule has 1 spiro atoms. The molecule has 2 unspecified atom stereocenters. The monoisotopic (exact) mass is 720 g/mol. The van der Waals surface area contributed by atoms with Crippen molar-refractivity contribution in [1.82, 2.24) is 5.32 Å². The number of Topliss-reactive ketones (excluding diaryl/α,β-unsaturated/α-hetero) is 2. The molecule has 2 heterocycles. The van der Waals surface area contributed by atoms with E-state index in [-0.39, 0.29) is 76.6 Å². The highest BCUT2D eigenvalue weighted by molar-refractivity contribution is 6.35. The smallest absolute Gasteiger partial charge is 0.232 e. The predicted octanol–water partition coefficient (Wildman–Crippen LogP) is 5.23. The number of aromatic hydroxyl groups is 1. The lowest BCUT2D eigenvalue weighted by Gasteiger charge is -2.38. The van der Waals surface area contributed by atoms with Gasteiger partial charge in [0.1, 0.15) is 27.8 Å². The van der Waals surface area contributed by atoms with Crippen molar-refractivity contribution in [3.63, 3.8) is 0 Å². The maximum absolute atomic E-state index is 14.3. The van der Waals surface area contributed by atoms with Gasteiger partial charge in [0.05, 0.1) is 34.4 Å². The molecule has 4 N–H and O–H groups in total. The van der Waals surface area contributed by atoms with Gasteiger partial charge in [-0.05, 0) is 47.9 Å². The van der Waals surface area contributed by atoms with Crippen molar-refractivity contribution in [3.8, 4) is 34.5 Å². The summed E-state index contributed by atoms with van der Waals surface area (Å²) in [5.74, 6) is -4.40. The van der Waals surface area contributed by atoms with Gasteiger partial charge >= 0.3 is 0 Å². The molecule has 6 rings (SSSR count). The van der Waals surface area contributed by atoms with Crippen LogP contribution in [-0.2, 0) is 14.4 Å². The van der Waals surface area contributed by atoms with Gasteiger partial charge < -0.3 is 44.5 Å². The molecular formula is C37H37ClN2O11. The number of ketones is 2. The third kappa shape index (κ3) is 5.84. The average Bonchev–Trinajstić information content (AvgIpc) is 3.61. The molecule has 51 heavy (non-hydrogen) atoms. The molecule has 0 radical (unpaired) electrons. The van der Waals surface area contributed by atoms with Crippen molar-refractivity contribution >= 4 is 40.7 Å². The fourth-order valence-corrected chi connectivity index (χ4v) is 7.43. The fraction of sp³-hybridized carbons (Fsp3) is 0.351. The van der Waals surface area contributed by atoms with Crippen LogP contribution in [0, 0.1) is 5.92 Å². The minimum Gasteiger partial charge on any atom is -0.507 e. The van der Waals surface area contributed by atoms with Gasteiger partial charge in [-0.15, -0.1) is 0 Å². The number of anilines is 1. The Balaban J connectivity index is 1.35. The molecule has 0 bridgehead atoms. The van der Waals surface area contributed by atoms with Crippen LogP contribution in [0.2, 0.25) is 5.02 Å². The number of benzene rings is 3. The van der Waals surface area contributed by atoms with E-state index in [4.69, 9.17) is 35.3 Å². The van der Waals surface area contributed by atoms with Crippen LogP contribution in [0.25, 0.3) is 0 Å². The van der Waals surface area contributed by atoms with Crippen LogP contribution in [0.5, 0.6) is 34.5 Å². The molecule has 13 nitrogen and oxygen atoms in total. The molecule has 3 aromatic carbocycles. The van der Waals surface area contributed by atoms with Crippen molar-refractivity contribution < 1.29 is 53.1 Å². The number of amides is 2. The Morgan fingerprint density at radius 2 is 1.73 bits per heavy atom. The summed E-state index contributed by atoms with van der Waals surface area (Å²) in [5.41, 5.74) is -0.545. The molecule has 0 fully saturated rings. The van der Waals surface area contributed by atoms with Gasteiger partial charge in [0.15, 0.2) is 28.8 Å². The number of halogens is 1. The highest BCUT2D eigenvalue weighted by atomic mass is 35.5.